The lowest BCUT2D eigenvalue weighted by Crippen LogP contribution is -2.28. The summed E-state index contributed by atoms with van der Waals surface area (Å²) in [6.45, 7) is 4.82. The van der Waals surface area contributed by atoms with Gasteiger partial charge in [0.2, 0.25) is 0 Å². The van der Waals surface area contributed by atoms with Gasteiger partial charge in [0.15, 0.2) is 0 Å². The van der Waals surface area contributed by atoms with Gasteiger partial charge in [0.1, 0.15) is 6.10 Å². The Morgan fingerprint density at radius 2 is 2.06 bits per heavy atom. The van der Waals surface area contributed by atoms with Crippen molar-refractivity contribution >= 4 is 11.3 Å². The normalized spacial score (nSPS) is 13.6. The molecule has 0 aliphatic carbocycles. The van der Waals surface area contributed by atoms with E-state index in [0.717, 1.165) is 16.0 Å². The van der Waals surface area contributed by atoms with Gasteiger partial charge in [-0.3, -0.25) is 0 Å². The number of nitrogens with two attached hydrogens (primary N) is 1. The van der Waals surface area contributed by atoms with Gasteiger partial charge in [-0.15, -0.1) is 11.3 Å². The summed E-state index contributed by atoms with van der Waals surface area (Å²) in [6, 6.07) is 12.0. The van der Waals surface area contributed by atoms with Crippen LogP contribution < -0.4 is 5.73 Å². The van der Waals surface area contributed by atoms with Crippen molar-refractivity contribution in [3.63, 3.8) is 0 Å². The van der Waals surface area contributed by atoms with Gasteiger partial charge in [0, 0.05) is 16.8 Å². The van der Waals surface area contributed by atoms with Gasteiger partial charge in [-0.1, -0.05) is 44.2 Å². The Hall–Kier alpha value is -1.16. The molecule has 1 unspecified atom stereocenters. The predicted molar refractivity (Wildman–Crippen MR) is 76.9 cm³/mol. The minimum absolute atomic E-state index is 0.0643. The highest BCUT2D eigenvalue weighted by molar-refractivity contribution is 7.10. The van der Waals surface area contributed by atoms with Crippen molar-refractivity contribution in [2.75, 3.05) is 6.54 Å². The molecule has 0 aliphatic rings. The van der Waals surface area contributed by atoms with Crippen LogP contribution in [0.5, 0.6) is 0 Å². The van der Waals surface area contributed by atoms with Crippen molar-refractivity contribution < 1.29 is 5.11 Å². The molecule has 3 N–H and O–H groups in total. The molecule has 1 aromatic heterocycles. The first kappa shape index (κ1) is 13.3. The van der Waals surface area contributed by atoms with Crippen molar-refractivity contribution in [2.24, 2.45) is 5.73 Å². The van der Waals surface area contributed by atoms with Crippen LogP contribution in [0.4, 0.5) is 0 Å². The zero-order valence-electron chi connectivity index (χ0n) is 10.8. The molecule has 1 atom stereocenters. The number of rotatable bonds is 4. The minimum Gasteiger partial charge on any atom is -0.383 e. The van der Waals surface area contributed by atoms with E-state index in [1.165, 1.54) is 0 Å². The molecule has 2 aromatic rings. The van der Waals surface area contributed by atoms with Crippen LogP contribution in [0, 0.1) is 0 Å². The molecule has 1 heterocycles. The molecule has 1 aromatic carbocycles. The summed E-state index contributed by atoms with van der Waals surface area (Å²) in [4.78, 5) is 0.970. The van der Waals surface area contributed by atoms with Crippen LogP contribution in [-0.2, 0) is 5.41 Å². The third kappa shape index (κ3) is 2.64. The maximum atomic E-state index is 10.3. The van der Waals surface area contributed by atoms with E-state index in [2.05, 4.69) is 26.0 Å². The topological polar surface area (TPSA) is 46.2 Å². The molecule has 0 radical (unpaired) electrons. The fraction of sp³-hybridized carbons (Fsp3) is 0.333. The zero-order chi connectivity index (χ0) is 13.2. The quantitative estimate of drug-likeness (QED) is 0.888. The smallest absolute Gasteiger partial charge is 0.113 e. The number of hydrogen-bond donors (Lipinski definition) is 2. The highest BCUT2D eigenvalue weighted by atomic mass is 32.1. The fourth-order valence-electron chi connectivity index (χ4n) is 1.86. The van der Waals surface area contributed by atoms with Gasteiger partial charge in [0.05, 0.1) is 0 Å². The minimum atomic E-state index is -0.543. The van der Waals surface area contributed by atoms with Gasteiger partial charge >= 0.3 is 0 Å². The van der Waals surface area contributed by atoms with Crippen LogP contribution in [0.15, 0.2) is 41.8 Å². The molecule has 18 heavy (non-hydrogen) atoms. The third-order valence-electron chi connectivity index (χ3n) is 3.31. The van der Waals surface area contributed by atoms with Crippen LogP contribution in [0.25, 0.3) is 0 Å². The summed E-state index contributed by atoms with van der Waals surface area (Å²) in [5.74, 6) is 0. The van der Waals surface area contributed by atoms with Crippen LogP contribution in [0.3, 0.4) is 0 Å². The van der Waals surface area contributed by atoms with Crippen molar-refractivity contribution in [1.29, 1.82) is 0 Å². The summed E-state index contributed by atoms with van der Waals surface area (Å²) in [5.41, 5.74) is 7.83. The van der Waals surface area contributed by atoms with Crippen LogP contribution >= 0.6 is 11.3 Å². The highest BCUT2D eigenvalue weighted by Gasteiger charge is 2.20. The maximum Gasteiger partial charge on any atom is 0.113 e. The summed E-state index contributed by atoms with van der Waals surface area (Å²) >= 11 is 1.57. The number of benzene rings is 1. The molecule has 0 spiro atoms. The summed E-state index contributed by atoms with van der Waals surface area (Å²) in [5, 5.41) is 12.3. The second-order valence-corrected chi connectivity index (χ2v) is 6.11. The van der Waals surface area contributed by atoms with Gasteiger partial charge in [-0.25, -0.2) is 0 Å². The summed E-state index contributed by atoms with van der Waals surface area (Å²) < 4.78 is 0. The monoisotopic (exact) mass is 261 g/mol. The Morgan fingerprint density at radius 3 is 2.67 bits per heavy atom. The second kappa shape index (κ2) is 5.22. The van der Waals surface area contributed by atoms with E-state index in [1.807, 2.05) is 29.6 Å². The Morgan fingerprint density at radius 1 is 1.28 bits per heavy atom. The molecule has 0 aliphatic heterocycles. The molecule has 0 fully saturated rings. The van der Waals surface area contributed by atoms with E-state index in [1.54, 1.807) is 11.3 Å². The van der Waals surface area contributed by atoms with Crippen LogP contribution in [-0.4, -0.2) is 11.7 Å². The van der Waals surface area contributed by atoms with E-state index in [9.17, 15) is 5.11 Å². The molecule has 2 nitrogen and oxygen atoms in total. The van der Waals surface area contributed by atoms with Gasteiger partial charge in [-0.2, -0.15) is 0 Å². The summed E-state index contributed by atoms with van der Waals surface area (Å²) in [7, 11) is 0. The molecule has 0 bridgehead atoms. The van der Waals surface area contributed by atoms with E-state index < -0.39 is 6.10 Å². The number of hydrogen-bond acceptors (Lipinski definition) is 3. The first-order chi connectivity index (χ1) is 8.54. The molecular weight excluding hydrogens is 242 g/mol. The first-order valence-electron chi connectivity index (χ1n) is 6.06. The Balaban J connectivity index is 2.33. The average molecular weight is 261 g/mol. The summed E-state index contributed by atoms with van der Waals surface area (Å²) in [6.07, 6.45) is -0.543. The van der Waals surface area contributed by atoms with E-state index in [4.69, 9.17) is 5.73 Å². The van der Waals surface area contributed by atoms with E-state index in [-0.39, 0.29) is 5.41 Å². The Bertz CT molecular complexity index is 505. The molecule has 3 heteroatoms. The van der Waals surface area contributed by atoms with Crippen LogP contribution in [0.1, 0.15) is 36.0 Å². The van der Waals surface area contributed by atoms with Crippen LogP contribution in [0.2, 0.25) is 0 Å². The lowest BCUT2D eigenvalue weighted by molar-refractivity contribution is 0.224. The first-order valence-corrected chi connectivity index (χ1v) is 6.94. The molecular formula is C15H19NOS. The highest BCUT2D eigenvalue weighted by Crippen LogP contribution is 2.29. The lowest BCUT2D eigenvalue weighted by atomic mass is 9.83. The van der Waals surface area contributed by atoms with Crippen molar-refractivity contribution in [2.45, 2.75) is 25.4 Å². The maximum absolute atomic E-state index is 10.3. The molecule has 0 amide bonds. The van der Waals surface area contributed by atoms with Crippen molar-refractivity contribution in [3.8, 4) is 0 Å². The largest absolute Gasteiger partial charge is 0.383 e. The molecule has 0 saturated carbocycles. The average Bonchev–Trinajstić information content (AvgIpc) is 2.92. The zero-order valence-corrected chi connectivity index (χ0v) is 11.6. The van der Waals surface area contributed by atoms with Gasteiger partial charge < -0.3 is 10.8 Å². The molecule has 0 saturated heterocycles. The van der Waals surface area contributed by atoms with E-state index >= 15 is 0 Å². The SMILES string of the molecule is CC(C)(CN)c1cccc(C(O)c2cccs2)c1. The van der Waals surface area contributed by atoms with Crippen molar-refractivity contribution in [3.05, 3.63) is 57.8 Å². The van der Waals surface area contributed by atoms with Gasteiger partial charge in [-0.05, 0) is 22.6 Å². The fourth-order valence-corrected chi connectivity index (χ4v) is 2.60. The Kier molecular flexibility index (Phi) is 3.85. The van der Waals surface area contributed by atoms with E-state index in [0.29, 0.717) is 6.54 Å². The second-order valence-electron chi connectivity index (χ2n) is 5.13. The molecule has 2 rings (SSSR count). The number of thiophene rings is 1. The number of aliphatic hydroxyl groups is 1. The lowest BCUT2D eigenvalue weighted by Gasteiger charge is -2.24. The standard InChI is InChI=1S/C15H19NOS/c1-15(2,10-16)12-6-3-5-11(9-12)14(17)13-7-4-8-18-13/h3-9,14,17H,10,16H2,1-2H3. The number of aliphatic hydroxyl groups excluding tert-OH is 1. The van der Waals surface area contributed by atoms with Gasteiger partial charge in [0.25, 0.3) is 0 Å². The predicted octanol–water partition coefficient (Wildman–Crippen LogP) is 3.07. The third-order valence-corrected chi connectivity index (χ3v) is 4.23. The molecule has 96 valence electrons. The Labute approximate surface area is 112 Å². The van der Waals surface area contributed by atoms with Crippen molar-refractivity contribution in [1.82, 2.24) is 0 Å².